The maximum Gasteiger partial charge on any atom is 0.306 e. The third-order valence-corrected chi connectivity index (χ3v) is 14.8. The van der Waals surface area contributed by atoms with Crippen LogP contribution in [0, 0.1) is 0 Å². The number of esters is 2. The second kappa shape index (κ2) is 60.3. The third kappa shape index (κ3) is 60.9. The fourth-order valence-corrected chi connectivity index (χ4v) is 9.77. The van der Waals surface area contributed by atoms with Gasteiger partial charge in [0.15, 0.2) is 12.4 Å². The molecule has 0 N–H and O–H groups in total. The van der Waals surface area contributed by atoms with Gasteiger partial charge in [-0.1, -0.05) is 300 Å². The van der Waals surface area contributed by atoms with Crippen LogP contribution in [0.2, 0.25) is 0 Å². The van der Waals surface area contributed by atoms with Crippen molar-refractivity contribution in [3.05, 3.63) is 48.6 Å². The van der Waals surface area contributed by atoms with Crippen LogP contribution in [-0.4, -0.2) is 82.3 Å². The molecule has 0 aliphatic heterocycles. The fourth-order valence-electron chi connectivity index (χ4n) is 9.77. The summed E-state index contributed by atoms with van der Waals surface area (Å²) >= 11 is 0. The Bertz CT molecular complexity index is 1420. The van der Waals surface area contributed by atoms with Crippen molar-refractivity contribution >= 4 is 17.9 Å². The minimum atomic E-state index is -1.62. The number of carbonyl (C=O) groups excluding carboxylic acids is 3. The molecular weight excluding hydrogens is 971 g/mol. The van der Waals surface area contributed by atoms with E-state index >= 15 is 0 Å². The number of hydrogen-bond acceptors (Lipinski definition) is 8. The highest BCUT2D eigenvalue weighted by atomic mass is 16.7. The van der Waals surface area contributed by atoms with Gasteiger partial charge >= 0.3 is 11.9 Å². The van der Waals surface area contributed by atoms with Crippen LogP contribution in [0.4, 0.5) is 0 Å². The van der Waals surface area contributed by atoms with Gasteiger partial charge in [-0.05, 0) is 51.4 Å². The van der Waals surface area contributed by atoms with Crippen LogP contribution in [0.1, 0.15) is 316 Å². The van der Waals surface area contributed by atoms with Gasteiger partial charge in [0.25, 0.3) is 0 Å². The molecule has 2 unspecified atom stereocenters. The number of carboxylic acid groups (broad SMARTS) is 1. The van der Waals surface area contributed by atoms with Gasteiger partial charge in [-0.2, -0.15) is 0 Å². The monoisotopic (exact) mass is 1100 g/mol. The minimum absolute atomic E-state index is 0.150. The molecule has 0 aromatic heterocycles. The molecule has 0 radical (unpaired) electrons. The van der Waals surface area contributed by atoms with Crippen LogP contribution in [0.3, 0.4) is 0 Å². The third-order valence-electron chi connectivity index (χ3n) is 14.8. The summed E-state index contributed by atoms with van der Waals surface area (Å²) in [4.78, 5) is 37.4. The standard InChI is InChI=1S/C69H127NO8/c1-6-8-10-12-14-16-18-20-22-24-26-28-29-30-31-32-33-34-35-36-37-38-39-40-42-44-46-48-50-52-54-56-58-60-67(72)78-65(64-77-69(68(73)74)75-62-61-70(3,4)5)63-76-66(71)59-57-55-53-51-49-47-45-43-41-27-25-23-21-19-17-15-13-11-9-7-2/h8,10,14,16,20,22,26,28,65,69H,6-7,9,11-13,15,17-19,21,23-25,27,29-64H2,1-5H3/b10-8-,16-14-,22-20-,28-26-. The summed E-state index contributed by atoms with van der Waals surface area (Å²) in [7, 11) is 5.94. The summed E-state index contributed by atoms with van der Waals surface area (Å²) in [5.74, 6) is -2.26. The number of aliphatic carboxylic acids is 1. The first-order valence-electron chi connectivity index (χ1n) is 33.3. The Hall–Kier alpha value is -2.75. The summed E-state index contributed by atoms with van der Waals surface area (Å²) in [5.41, 5.74) is 0. The van der Waals surface area contributed by atoms with Crippen molar-refractivity contribution in [2.45, 2.75) is 328 Å². The van der Waals surface area contributed by atoms with Crippen molar-refractivity contribution in [2.24, 2.45) is 0 Å². The van der Waals surface area contributed by atoms with Crippen molar-refractivity contribution in [3.63, 3.8) is 0 Å². The number of unbranched alkanes of at least 4 members (excludes halogenated alkanes) is 39. The number of carboxylic acids is 1. The molecule has 0 saturated carbocycles. The number of likely N-dealkylation sites (N-methyl/N-ethyl adjacent to an activating group) is 1. The first kappa shape index (κ1) is 75.2. The number of nitrogens with zero attached hydrogens (tertiary/aromatic N) is 1. The molecule has 0 aliphatic carbocycles. The van der Waals surface area contributed by atoms with Gasteiger partial charge < -0.3 is 33.3 Å². The zero-order chi connectivity index (χ0) is 56.9. The van der Waals surface area contributed by atoms with E-state index in [0.29, 0.717) is 17.4 Å². The lowest BCUT2D eigenvalue weighted by Crippen LogP contribution is -2.44. The van der Waals surface area contributed by atoms with Gasteiger partial charge in [-0.15, -0.1) is 0 Å². The van der Waals surface area contributed by atoms with Gasteiger partial charge in [0, 0.05) is 12.8 Å². The lowest BCUT2D eigenvalue weighted by molar-refractivity contribution is -0.870. The molecule has 0 aromatic rings. The van der Waals surface area contributed by atoms with Crippen molar-refractivity contribution < 1.29 is 42.9 Å². The Morgan fingerprint density at radius 2 is 0.731 bits per heavy atom. The van der Waals surface area contributed by atoms with Crippen molar-refractivity contribution in [2.75, 3.05) is 47.5 Å². The lowest BCUT2D eigenvalue weighted by atomic mass is 10.0. The highest BCUT2D eigenvalue weighted by Crippen LogP contribution is 2.18. The average molecular weight is 1100 g/mol. The van der Waals surface area contributed by atoms with Gasteiger partial charge in [0.2, 0.25) is 0 Å². The molecule has 2 atom stereocenters. The van der Waals surface area contributed by atoms with E-state index in [1.165, 1.54) is 225 Å². The van der Waals surface area contributed by atoms with E-state index in [4.69, 9.17) is 18.9 Å². The summed E-state index contributed by atoms with van der Waals surface area (Å²) in [6.07, 6.45) is 73.3. The summed E-state index contributed by atoms with van der Waals surface area (Å²) in [6.45, 7) is 4.69. The summed E-state index contributed by atoms with van der Waals surface area (Å²) in [6, 6.07) is 0. The Kier molecular flexibility index (Phi) is 58.2. The fraction of sp³-hybridized carbons (Fsp3) is 0.841. The van der Waals surface area contributed by atoms with Crippen LogP contribution in [0.25, 0.3) is 0 Å². The van der Waals surface area contributed by atoms with Crippen LogP contribution in [0.5, 0.6) is 0 Å². The van der Waals surface area contributed by atoms with E-state index in [0.717, 1.165) is 64.2 Å². The molecule has 0 bridgehead atoms. The van der Waals surface area contributed by atoms with Gasteiger partial charge in [0.05, 0.1) is 40.3 Å². The summed E-state index contributed by atoms with van der Waals surface area (Å²) < 4.78 is 22.8. The topological polar surface area (TPSA) is 111 Å². The second-order valence-corrected chi connectivity index (χ2v) is 23.7. The van der Waals surface area contributed by atoms with Crippen molar-refractivity contribution in [3.8, 4) is 0 Å². The SMILES string of the molecule is CC/C=C\C/C=C\C/C=C\C/C=C\CCCCCCCCCCCCCCCCCCCCCCC(=O)OC(COC(=O)CCCCCCCCCCCCCCCCCCCCCC)COC(OCC[N+](C)(C)C)C(=O)[O-]. The van der Waals surface area contributed by atoms with Gasteiger partial charge in [-0.25, -0.2) is 0 Å². The van der Waals surface area contributed by atoms with E-state index in [9.17, 15) is 19.5 Å². The second-order valence-electron chi connectivity index (χ2n) is 23.7. The van der Waals surface area contributed by atoms with E-state index < -0.39 is 24.3 Å². The molecule has 78 heavy (non-hydrogen) atoms. The molecule has 0 aliphatic rings. The van der Waals surface area contributed by atoms with Crippen LogP contribution >= 0.6 is 0 Å². The Morgan fingerprint density at radius 3 is 1.09 bits per heavy atom. The molecule has 9 heteroatoms. The molecule has 0 saturated heterocycles. The van der Waals surface area contributed by atoms with Gasteiger partial charge in [-0.3, -0.25) is 9.59 Å². The Balaban J connectivity index is 4.06. The summed E-state index contributed by atoms with van der Waals surface area (Å²) in [5, 5.41) is 11.8. The number of quaternary nitrogens is 1. The molecule has 0 aromatic carbocycles. The molecule has 0 fully saturated rings. The van der Waals surface area contributed by atoms with Crippen LogP contribution in [-0.2, 0) is 33.3 Å². The van der Waals surface area contributed by atoms with E-state index in [1.807, 2.05) is 21.1 Å². The zero-order valence-electron chi connectivity index (χ0n) is 52.0. The molecule has 9 nitrogen and oxygen atoms in total. The minimum Gasteiger partial charge on any atom is -0.545 e. The van der Waals surface area contributed by atoms with Crippen LogP contribution < -0.4 is 5.11 Å². The average Bonchev–Trinajstić information content (AvgIpc) is 3.41. The number of allylic oxidation sites excluding steroid dienone is 8. The van der Waals surface area contributed by atoms with Crippen molar-refractivity contribution in [1.29, 1.82) is 0 Å². The Morgan fingerprint density at radius 1 is 0.397 bits per heavy atom. The lowest BCUT2D eigenvalue weighted by Gasteiger charge is -2.26. The van der Waals surface area contributed by atoms with Crippen LogP contribution in [0.15, 0.2) is 48.6 Å². The molecule has 0 rings (SSSR count). The van der Waals surface area contributed by atoms with E-state index in [2.05, 4.69) is 62.5 Å². The Labute approximate surface area is 482 Å². The normalized spacial score (nSPS) is 13.0. The van der Waals surface area contributed by atoms with E-state index in [-0.39, 0.29) is 32.2 Å². The maximum absolute atomic E-state index is 12.9. The number of carbonyl (C=O) groups is 3. The molecule has 456 valence electrons. The highest BCUT2D eigenvalue weighted by Gasteiger charge is 2.22. The molecule has 0 heterocycles. The zero-order valence-corrected chi connectivity index (χ0v) is 52.0. The van der Waals surface area contributed by atoms with E-state index in [1.54, 1.807) is 0 Å². The smallest absolute Gasteiger partial charge is 0.306 e. The van der Waals surface area contributed by atoms with Gasteiger partial charge in [0.1, 0.15) is 13.2 Å². The van der Waals surface area contributed by atoms with Crippen molar-refractivity contribution in [1.82, 2.24) is 0 Å². The predicted octanol–water partition coefficient (Wildman–Crippen LogP) is 18.9. The first-order chi connectivity index (χ1) is 38.1. The molecular formula is C69H127NO8. The number of ether oxygens (including phenoxy) is 4. The highest BCUT2D eigenvalue weighted by molar-refractivity contribution is 5.70. The molecule has 0 spiro atoms. The largest absolute Gasteiger partial charge is 0.545 e. The predicted molar refractivity (Wildman–Crippen MR) is 329 cm³/mol. The maximum atomic E-state index is 12.9. The quantitative estimate of drug-likeness (QED) is 0.0195. The number of rotatable bonds is 62. The number of hydrogen-bond donors (Lipinski definition) is 0. The first-order valence-corrected chi connectivity index (χ1v) is 33.3. The molecule has 0 amide bonds.